The maximum absolute atomic E-state index is 10.00. The number of pyridine rings is 1. The minimum atomic E-state index is 0. The van der Waals surface area contributed by atoms with Crippen molar-refractivity contribution in [3.05, 3.63) is 125 Å². The summed E-state index contributed by atoms with van der Waals surface area (Å²) in [5.74, 6) is 1.24. The van der Waals surface area contributed by atoms with E-state index in [-0.39, 0.29) is 17.0 Å². The van der Waals surface area contributed by atoms with Crippen LogP contribution in [0.3, 0.4) is 0 Å². The topological polar surface area (TPSA) is 33.3 Å². The summed E-state index contributed by atoms with van der Waals surface area (Å²) in [4.78, 5) is 0. The van der Waals surface area contributed by atoms with Crippen LogP contribution < -0.4 is 26.3 Å². The minimum Gasteiger partial charge on any atom is -1.00 e. The molecule has 0 radical (unpaired) electrons. The van der Waals surface area contributed by atoms with Gasteiger partial charge < -0.3 is 26.8 Å². The highest BCUT2D eigenvalue weighted by atomic mass is 79.9. The second-order valence-electron chi connectivity index (χ2n) is 10.3. The number of nitrogens with zero attached hydrogens (tertiary/aromatic N) is 1. The van der Waals surface area contributed by atoms with Crippen molar-refractivity contribution < 1.29 is 31.4 Å². The SMILES string of the molecule is Oc1ccccc1/C=C/c1cccc[n+]1CCCCCCCCCCOc1ccc(/C=C/c2ccc(Cl)cc2)cc1.[Br-]. The van der Waals surface area contributed by atoms with Crippen LogP contribution in [0.5, 0.6) is 11.5 Å². The van der Waals surface area contributed by atoms with E-state index < -0.39 is 0 Å². The van der Waals surface area contributed by atoms with Crippen LogP contribution in [0, 0.1) is 0 Å². The smallest absolute Gasteiger partial charge is 0.205 e. The molecule has 1 heterocycles. The lowest BCUT2D eigenvalue weighted by atomic mass is 10.1. The molecule has 0 saturated carbocycles. The largest absolute Gasteiger partial charge is 1.00 e. The van der Waals surface area contributed by atoms with Gasteiger partial charge in [-0.15, -0.1) is 0 Å². The van der Waals surface area contributed by atoms with E-state index in [9.17, 15) is 5.11 Å². The zero-order valence-corrected chi connectivity index (χ0v) is 26.5. The van der Waals surface area contributed by atoms with Gasteiger partial charge in [-0.1, -0.05) is 98.3 Å². The normalized spacial score (nSPS) is 11.2. The highest BCUT2D eigenvalue weighted by molar-refractivity contribution is 6.30. The van der Waals surface area contributed by atoms with Crippen molar-refractivity contribution in [2.75, 3.05) is 6.61 Å². The number of hydrogen-bond donors (Lipinski definition) is 1. The van der Waals surface area contributed by atoms with Crippen molar-refractivity contribution in [3.8, 4) is 11.5 Å². The Hall–Kier alpha value is -3.34. The number of aryl methyl sites for hydroxylation is 1. The number of ether oxygens (including phenoxy) is 1. The number of phenols is 1. The molecule has 3 aromatic carbocycles. The van der Waals surface area contributed by atoms with E-state index in [2.05, 4.69) is 59.3 Å². The van der Waals surface area contributed by atoms with Gasteiger partial charge in [0.1, 0.15) is 18.0 Å². The van der Waals surface area contributed by atoms with Crippen molar-refractivity contribution >= 4 is 35.9 Å². The molecular formula is C37H41BrClNO2. The second-order valence-corrected chi connectivity index (χ2v) is 10.8. The minimum absolute atomic E-state index is 0. The second kappa shape index (κ2) is 19.0. The number of aromatic nitrogens is 1. The standard InChI is InChI=1S/C37H40ClNO2.BrH/c38-34-23-18-31(19-24-34)16-17-32-20-26-36(27-21-32)41-30-12-6-4-2-1-3-5-10-28-39-29-11-9-14-35(39)25-22-33-13-7-8-15-37(33)40;/h7-9,11,13-27,29H,1-6,10,12,28,30H2;1H/b17-16+;. The molecule has 1 aromatic heterocycles. The molecule has 0 aliphatic carbocycles. The molecule has 4 rings (SSSR count). The van der Waals surface area contributed by atoms with E-state index in [0.29, 0.717) is 5.75 Å². The van der Waals surface area contributed by atoms with Gasteiger partial charge in [0, 0.05) is 35.2 Å². The van der Waals surface area contributed by atoms with Gasteiger partial charge in [0.25, 0.3) is 0 Å². The van der Waals surface area contributed by atoms with E-state index in [0.717, 1.165) is 52.7 Å². The summed E-state index contributed by atoms with van der Waals surface area (Å²) in [5.41, 5.74) is 4.27. The van der Waals surface area contributed by atoms with E-state index >= 15 is 0 Å². The van der Waals surface area contributed by atoms with Crippen molar-refractivity contribution in [3.63, 3.8) is 0 Å². The number of phenolic OH excluding ortho intramolecular Hbond substituents is 1. The average Bonchev–Trinajstić information content (AvgIpc) is 3.00. The molecule has 3 nitrogen and oxygen atoms in total. The van der Waals surface area contributed by atoms with Crippen LogP contribution in [0.15, 0.2) is 97.2 Å². The molecule has 42 heavy (non-hydrogen) atoms. The molecule has 0 amide bonds. The van der Waals surface area contributed by atoms with Crippen LogP contribution in [0.2, 0.25) is 5.02 Å². The lowest BCUT2D eigenvalue weighted by Gasteiger charge is -2.06. The quantitative estimate of drug-likeness (QED) is 0.0819. The molecule has 0 spiro atoms. The summed E-state index contributed by atoms with van der Waals surface area (Å²) >= 11 is 5.95. The first-order chi connectivity index (χ1) is 20.2. The van der Waals surface area contributed by atoms with Crippen LogP contribution in [0.25, 0.3) is 24.3 Å². The number of aromatic hydroxyl groups is 1. The van der Waals surface area contributed by atoms with Gasteiger partial charge in [-0.3, -0.25) is 0 Å². The van der Waals surface area contributed by atoms with Crippen LogP contribution in [0.4, 0.5) is 0 Å². The Bertz CT molecular complexity index is 1380. The molecule has 0 aliphatic rings. The van der Waals surface area contributed by atoms with Gasteiger partial charge in [-0.2, -0.15) is 4.57 Å². The highest BCUT2D eigenvalue weighted by Gasteiger charge is 2.06. The zero-order valence-electron chi connectivity index (χ0n) is 24.2. The highest BCUT2D eigenvalue weighted by Crippen LogP contribution is 2.19. The molecule has 4 aromatic rings. The maximum atomic E-state index is 10.00. The Labute approximate surface area is 266 Å². The molecule has 0 saturated heterocycles. The van der Waals surface area contributed by atoms with Gasteiger partial charge in [0.2, 0.25) is 5.69 Å². The van der Waals surface area contributed by atoms with Crippen molar-refractivity contribution in [2.45, 2.75) is 57.9 Å². The summed E-state index contributed by atoms with van der Waals surface area (Å²) in [7, 11) is 0. The third-order valence-electron chi connectivity index (χ3n) is 7.13. The molecule has 0 unspecified atom stereocenters. The number of rotatable bonds is 16. The fourth-order valence-electron chi connectivity index (χ4n) is 4.72. The Kier molecular flexibility index (Phi) is 15.0. The predicted molar refractivity (Wildman–Crippen MR) is 173 cm³/mol. The molecule has 5 heteroatoms. The number of benzene rings is 3. The fraction of sp³-hybridized carbons (Fsp3) is 0.270. The summed E-state index contributed by atoms with van der Waals surface area (Å²) in [6, 6.07) is 29.8. The molecule has 220 valence electrons. The van der Waals surface area contributed by atoms with Gasteiger partial charge in [-0.05, 0) is 66.4 Å². The molecule has 0 aliphatic heterocycles. The molecular weight excluding hydrogens is 606 g/mol. The van der Waals surface area contributed by atoms with Crippen LogP contribution in [0.1, 0.15) is 73.8 Å². The van der Waals surface area contributed by atoms with Gasteiger partial charge in [0.15, 0.2) is 6.20 Å². The van der Waals surface area contributed by atoms with Gasteiger partial charge in [0.05, 0.1) is 6.61 Å². The first-order valence-electron chi connectivity index (χ1n) is 14.8. The maximum Gasteiger partial charge on any atom is 0.205 e. The number of para-hydroxylation sites is 1. The lowest BCUT2D eigenvalue weighted by molar-refractivity contribution is -0.699. The molecule has 0 atom stereocenters. The number of unbranched alkanes of at least 4 members (excludes halogenated alkanes) is 7. The Balaban J connectivity index is 0.00000484. The van der Waals surface area contributed by atoms with Gasteiger partial charge in [-0.25, -0.2) is 0 Å². The van der Waals surface area contributed by atoms with E-state index in [1.807, 2.05) is 60.7 Å². The molecule has 0 fully saturated rings. The number of halogens is 2. The summed E-state index contributed by atoms with van der Waals surface area (Å²) in [6.07, 6.45) is 20.3. The van der Waals surface area contributed by atoms with E-state index in [4.69, 9.17) is 16.3 Å². The zero-order chi connectivity index (χ0) is 28.5. The van der Waals surface area contributed by atoms with Crippen molar-refractivity contribution in [2.24, 2.45) is 0 Å². The lowest BCUT2D eigenvalue weighted by Crippen LogP contribution is -3.00. The summed E-state index contributed by atoms with van der Waals surface area (Å²) in [6.45, 7) is 1.78. The third kappa shape index (κ3) is 11.9. The molecule has 0 bridgehead atoms. The van der Waals surface area contributed by atoms with Crippen molar-refractivity contribution in [1.29, 1.82) is 0 Å². The Morgan fingerprint density at radius 3 is 1.90 bits per heavy atom. The first kappa shape index (κ1) is 33.2. The van der Waals surface area contributed by atoms with Crippen LogP contribution >= 0.6 is 11.6 Å². The first-order valence-corrected chi connectivity index (χ1v) is 15.2. The van der Waals surface area contributed by atoms with E-state index in [1.165, 1.54) is 44.9 Å². The Morgan fingerprint density at radius 2 is 1.21 bits per heavy atom. The fourth-order valence-corrected chi connectivity index (χ4v) is 4.85. The Morgan fingerprint density at radius 1 is 0.619 bits per heavy atom. The van der Waals surface area contributed by atoms with E-state index in [1.54, 1.807) is 6.07 Å². The number of hydrogen-bond acceptors (Lipinski definition) is 2. The average molecular weight is 647 g/mol. The van der Waals surface area contributed by atoms with Crippen LogP contribution in [-0.2, 0) is 6.54 Å². The van der Waals surface area contributed by atoms with Gasteiger partial charge >= 0.3 is 0 Å². The van der Waals surface area contributed by atoms with Crippen LogP contribution in [-0.4, -0.2) is 11.7 Å². The summed E-state index contributed by atoms with van der Waals surface area (Å²) < 4.78 is 8.23. The van der Waals surface area contributed by atoms with Crippen molar-refractivity contribution in [1.82, 2.24) is 0 Å². The summed E-state index contributed by atoms with van der Waals surface area (Å²) in [5, 5.41) is 10.8. The third-order valence-corrected chi connectivity index (χ3v) is 7.38. The predicted octanol–water partition coefficient (Wildman–Crippen LogP) is 6.88. The monoisotopic (exact) mass is 645 g/mol. The molecule has 1 N–H and O–H groups in total.